The summed E-state index contributed by atoms with van der Waals surface area (Å²) in [4.78, 5) is 9.86. The number of benzene rings is 11. The fourth-order valence-corrected chi connectivity index (χ4v) is 13.5. The van der Waals surface area contributed by atoms with Gasteiger partial charge in [0.1, 0.15) is 0 Å². The van der Waals surface area contributed by atoms with Gasteiger partial charge >= 0.3 is 0 Å². The van der Waals surface area contributed by atoms with Gasteiger partial charge in [-0.2, -0.15) is 36.4 Å². The summed E-state index contributed by atoms with van der Waals surface area (Å²) in [5, 5.41) is 0. The smallest absolute Gasteiger partial charge is 0.0239 e. The van der Waals surface area contributed by atoms with E-state index in [0.717, 1.165) is 101 Å². The van der Waals surface area contributed by atoms with Crippen molar-refractivity contribution in [2.75, 3.05) is 9.80 Å². The van der Waals surface area contributed by atoms with Gasteiger partial charge in [-0.15, -0.1) is 68.5 Å². The van der Waals surface area contributed by atoms with Crippen molar-refractivity contribution in [2.45, 2.75) is 27.7 Å². The van der Waals surface area contributed by atoms with Crippen molar-refractivity contribution in [1.82, 2.24) is 4.98 Å². The Morgan fingerprint density at radius 2 is 0.701 bits per heavy atom. The van der Waals surface area contributed by atoms with E-state index in [2.05, 4.69) is 324 Å². The van der Waals surface area contributed by atoms with Crippen molar-refractivity contribution >= 4 is 22.8 Å². The van der Waals surface area contributed by atoms with Crippen LogP contribution in [0.5, 0.6) is 0 Å². The molecule has 4 aliphatic heterocycles. The maximum atomic E-state index is 5.15. The third-order valence-electron chi connectivity index (χ3n) is 17.5. The summed E-state index contributed by atoms with van der Waals surface area (Å²) in [7, 11) is 0. The Morgan fingerprint density at radius 1 is 0.322 bits per heavy atom. The SMILES string of the molecule is CC1(C)C=C2c3ccccc3-c3cc(-c4ccccc4-c4cc(-c5ccccc5-c5ccc(-c6[c-]ccc(-c7ccc(-c8ccccc8)cc7)c6)nc5)cc(-c5ccccc5-c5c[c-]c6c(c5)-c5ccccc5C5=CC(C)(C)[CH-]N56)c4)c[c-]c3N2[CH-]1.[Ir]. The second-order valence-electron chi connectivity index (χ2n) is 24.4. The third kappa shape index (κ3) is 9.62. The monoisotopic (exact) mass is 1290 g/mol. The number of pyridine rings is 1. The average molecular weight is 1290 g/mol. The first-order valence-electron chi connectivity index (χ1n) is 29.7. The molecule has 1 aromatic heterocycles. The van der Waals surface area contributed by atoms with Crippen LogP contribution in [0, 0.1) is 42.1 Å². The topological polar surface area (TPSA) is 19.4 Å². The first-order valence-corrected chi connectivity index (χ1v) is 29.7. The number of hydrogen-bond acceptors (Lipinski definition) is 3. The molecule has 0 spiro atoms. The Balaban J connectivity index is 0.00000638. The maximum absolute atomic E-state index is 5.15. The summed E-state index contributed by atoms with van der Waals surface area (Å²) in [5.41, 5.74) is 31.6. The molecule has 0 fully saturated rings. The van der Waals surface area contributed by atoms with Crippen molar-refractivity contribution in [3.8, 4) is 123 Å². The molecule has 1 radical (unpaired) electrons. The second kappa shape index (κ2) is 21.4. The van der Waals surface area contributed by atoms with E-state index in [-0.39, 0.29) is 30.9 Å². The zero-order chi connectivity index (χ0) is 57.7. The molecule has 0 amide bonds. The van der Waals surface area contributed by atoms with Gasteiger partial charge in [-0.05, 0) is 96.2 Å². The number of fused-ring (bicyclic) bond motifs is 12. The molecular formula is C83H58IrN3-5. The van der Waals surface area contributed by atoms with Crippen LogP contribution in [0.1, 0.15) is 38.8 Å². The van der Waals surface area contributed by atoms with Crippen LogP contribution in [0.25, 0.3) is 134 Å². The summed E-state index contributed by atoms with van der Waals surface area (Å²) >= 11 is 0. The molecule has 12 aromatic rings. The normalized spacial score (nSPS) is 14.5. The molecule has 0 aliphatic carbocycles. The van der Waals surface area contributed by atoms with Crippen LogP contribution in [-0.2, 0) is 20.1 Å². The van der Waals surface area contributed by atoms with Gasteiger partial charge < -0.3 is 14.8 Å². The van der Waals surface area contributed by atoms with E-state index < -0.39 is 0 Å². The van der Waals surface area contributed by atoms with Gasteiger partial charge in [0.2, 0.25) is 0 Å². The first kappa shape index (κ1) is 54.0. The van der Waals surface area contributed by atoms with E-state index >= 15 is 0 Å². The van der Waals surface area contributed by atoms with Crippen LogP contribution in [-0.4, -0.2) is 4.98 Å². The Labute approximate surface area is 524 Å². The van der Waals surface area contributed by atoms with Crippen LogP contribution in [0.15, 0.2) is 267 Å². The van der Waals surface area contributed by atoms with Crippen LogP contribution < -0.4 is 9.80 Å². The fourth-order valence-electron chi connectivity index (χ4n) is 13.5. The minimum Gasteiger partial charge on any atom is -0.513 e. The Morgan fingerprint density at radius 3 is 1.15 bits per heavy atom. The number of nitrogens with zero attached hydrogens (tertiary/aromatic N) is 3. The minimum atomic E-state index is -0.0821. The molecule has 16 rings (SSSR count). The van der Waals surface area contributed by atoms with E-state index in [4.69, 9.17) is 4.98 Å². The molecule has 5 heterocycles. The van der Waals surface area contributed by atoms with E-state index in [1.54, 1.807) is 0 Å². The van der Waals surface area contributed by atoms with Crippen LogP contribution in [0.2, 0.25) is 0 Å². The van der Waals surface area contributed by atoms with Gasteiger partial charge in [0, 0.05) is 37.7 Å². The number of hydrogen-bond donors (Lipinski definition) is 0. The maximum Gasteiger partial charge on any atom is 0.0239 e. The summed E-state index contributed by atoms with van der Waals surface area (Å²) in [6.07, 6.45) is 6.79. The molecule has 4 aliphatic rings. The quantitative estimate of drug-likeness (QED) is 0.134. The minimum absolute atomic E-state index is 0. The molecule has 0 atom stereocenters. The zero-order valence-electron chi connectivity index (χ0n) is 48.7. The molecular weight excluding hydrogens is 1230 g/mol. The molecule has 0 bridgehead atoms. The van der Waals surface area contributed by atoms with E-state index in [1.165, 1.54) is 55.9 Å². The second-order valence-corrected chi connectivity index (χ2v) is 24.4. The first-order chi connectivity index (χ1) is 42.1. The van der Waals surface area contributed by atoms with Gasteiger partial charge in [0.05, 0.1) is 0 Å². The van der Waals surface area contributed by atoms with E-state index in [1.807, 2.05) is 12.3 Å². The molecule has 0 unspecified atom stereocenters. The van der Waals surface area contributed by atoms with Crippen molar-refractivity contribution in [2.24, 2.45) is 10.8 Å². The summed E-state index contributed by atoms with van der Waals surface area (Å²) in [6.45, 7) is 13.8. The van der Waals surface area contributed by atoms with Crippen molar-refractivity contribution in [1.29, 1.82) is 0 Å². The summed E-state index contributed by atoms with van der Waals surface area (Å²) in [6, 6.07) is 102. The zero-order valence-corrected chi connectivity index (χ0v) is 51.1. The molecule has 4 heteroatoms. The van der Waals surface area contributed by atoms with Crippen LogP contribution in [0.4, 0.5) is 11.4 Å². The Hall–Kier alpha value is -9.70. The van der Waals surface area contributed by atoms with Gasteiger partial charge in [0.15, 0.2) is 0 Å². The van der Waals surface area contributed by atoms with Gasteiger partial charge in [-0.3, -0.25) is 0 Å². The van der Waals surface area contributed by atoms with Crippen LogP contribution >= 0.6 is 0 Å². The van der Waals surface area contributed by atoms with Crippen molar-refractivity contribution in [3.05, 3.63) is 309 Å². The molecule has 11 aromatic carbocycles. The number of aromatic nitrogens is 1. The summed E-state index contributed by atoms with van der Waals surface area (Å²) < 4.78 is 0. The number of rotatable bonds is 9. The van der Waals surface area contributed by atoms with Crippen molar-refractivity contribution < 1.29 is 20.1 Å². The summed E-state index contributed by atoms with van der Waals surface area (Å²) in [5.74, 6) is 0. The standard InChI is InChI=1S/C83H58N3.Ir/c1-82(2)49-80-73-31-16-14-29-71(73)75-47-58(38-41-78(75)85(80)52-82)65-23-8-11-26-68(65)62-44-63(69-27-12-9-24-66(69)59-39-42-79-76(48-59)72-30-15-17-32-74(72)81-50-83(3,4)53-86(79)81)46-64(45-62)70-28-13-10-25-67(70)61-37-40-77(84-51-61)60-22-18-21-57(43-60)56-35-33-55(34-36-56)54-19-6-5-7-20-54;/h5-21,23-40,43-53H,1-4H3;/q-5;. The molecule has 0 saturated heterocycles. The number of anilines is 2. The Kier molecular flexibility index (Phi) is 13.3. The predicted molar refractivity (Wildman–Crippen MR) is 358 cm³/mol. The molecule has 3 nitrogen and oxygen atoms in total. The van der Waals surface area contributed by atoms with Crippen molar-refractivity contribution in [3.63, 3.8) is 0 Å². The predicted octanol–water partition coefficient (Wildman–Crippen LogP) is 21.5. The molecule has 419 valence electrons. The largest absolute Gasteiger partial charge is 0.513 e. The van der Waals surface area contributed by atoms with Gasteiger partial charge in [0.25, 0.3) is 0 Å². The Bertz CT molecular complexity index is 4560. The third-order valence-corrected chi connectivity index (χ3v) is 17.5. The molecule has 87 heavy (non-hydrogen) atoms. The van der Waals surface area contributed by atoms with Gasteiger partial charge in [-0.25, -0.2) is 13.1 Å². The average Bonchev–Trinajstić information content (AvgIpc) is 1.78. The van der Waals surface area contributed by atoms with E-state index in [0.29, 0.717) is 0 Å². The van der Waals surface area contributed by atoms with E-state index in [9.17, 15) is 0 Å². The van der Waals surface area contributed by atoms with Gasteiger partial charge in [-0.1, -0.05) is 262 Å². The fraction of sp³-hybridized carbons (Fsp3) is 0.0723. The molecule has 0 N–H and O–H groups in total. The molecule has 0 saturated carbocycles. The van der Waals surface area contributed by atoms with Crippen LogP contribution in [0.3, 0.4) is 0 Å².